The van der Waals surface area contributed by atoms with Crippen molar-refractivity contribution in [1.29, 1.82) is 0 Å². The standard InChI is InChI=1S/C10H17N/c1-3-5-9(4-2)10-6-7-11-8-10/h6-9,11H,3-5H2,1-2H3. The fourth-order valence-electron chi connectivity index (χ4n) is 1.55. The van der Waals surface area contributed by atoms with E-state index in [1.165, 1.54) is 24.8 Å². The lowest BCUT2D eigenvalue weighted by Gasteiger charge is -2.10. The molecule has 0 radical (unpaired) electrons. The molecule has 1 atom stereocenters. The van der Waals surface area contributed by atoms with Gasteiger partial charge in [0.15, 0.2) is 0 Å². The van der Waals surface area contributed by atoms with E-state index >= 15 is 0 Å². The van der Waals surface area contributed by atoms with Crippen molar-refractivity contribution in [2.24, 2.45) is 0 Å². The Morgan fingerprint density at radius 3 is 2.73 bits per heavy atom. The minimum Gasteiger partial charge on any atom is -0.367 e. The molecular weight excluding hydrogens is 134 g/mol. The molecule has 1 rings (SSSR count). The van der Waals surface area contributed by atoms with Gasteiger partial charge in [-0.1, -0.05) is 20.3 Å². The molecule has 0 fully saturated rings. The first kappa shape index (κ1) is 8.38. The third-order valence-electron chi connectivity index (χ3n) is 2.22. The first-order valence-corrected chi connectivity index (χ1v) is 4.51. The molecule has 0 saturated heterocycles. The van der Waals surface area contributed by atoms with Gasteiger partial charge < -0.3 is 4.98 Å². The highest BCUT2D eigenvalue weighted by Gasteiger charge is 2.06. The van der Waals surface area contributed by atoms with Gasteiger partial charge in [-0.15, -0.1) is 0 Å². The van der Waals surface area contributed by atoms with Gasteiger partial charge in [0.2, 0.25) is 0 Å². The minimum atomic E-state index is 0.770. The number of aromatic nitrogens is 1. The lowest BCUT2D eigenvalue weighted by Crippen LogP contribution is -1.93. The van der Waals surface area contributed by atoms with Gasteiger partial charge in [0.25, 0.3) is 0 Å². The zero-order chi connectivity index (χ0) is 8.10. The SMILES string of the molecule is CCCC(CC)c1cc[nH]c1. The van der Waals surface area contributed by atoms with Gasteiger partial charge in [-0.05, 0) is 30.4 Å². The molecule has 0 bridgehead atoms. The smallest absolute Gasteiger partial charge is 0.00401 e. The maximum atomic E-state index is 3.10. The molecule has 1 heteroatoms. The van der Waals surface area contributed by atoms with Crippen LogP contribution in [0.2, 0.25) is 0 Å². The van der Waals surface area contributed by atoms with Gasteiger partial charge in [0.05, 0.1) is 0 Å². The van der Waals surface area contributed by atoms with Gasteiger partial charge in [-0.25, -0.2) is 0 Å². The van der Waals surface area contributed by atoms with E-state index in [9.17, 15) is 0 Å². The molecule has 1 N–H and O–H groups in total. The van der Waals surface area contributed by atoms with Crippen molar-refractivity contribution in [2.45, 2.75) is 39.0 Å². The molecule has 0 spiro atoms. The Morgan fingerprint density at radius 2 is 2.27 bits per heavy atom. The zero-order valence-corrected chi connectivity index (χ0v) is 7.43. The van der Waals surface area contributed by atoms with Crippen LogP contribution in [0.25, 0.3) is 0 Å². The van der Waals surface area contributed by atoms with Crippen molar-refractivity contribution in [3.8, 4) is 0 Å². The van der Waals surface area contributed by atoms with Gasteiger partial charge in [0.1, 0.15) is 0 Å². The van der Waals surface area contributed by atoms with Crippen LogP contribution in [0.15, 0.2) is 18.5 Å². The largest absolute Gasteiger partial charge is 0.367 e. The maximum Gasteiger partial charge on any atom is 0.00401 e. The molecule has 0 amide bonds. The summed E-state index contributed by atoms with van der Waals surface area (Å²) in [6.45, 7) is 4.50. The van der Waals surface area contributed by atoms with Gasteiger partial charge in [-0.3, -0.25) is 0 Å². The van der Waals surface area contributed by atoms with E-state index in [0.717, 1.165) is 5.92 Å². The number of nitrogens with one attached hydrogen (secondary N) is 1. The molecule has 11 heavy (non-hydrogen) atoms. The second-order valence-electron chi connectivity index (χ2n) is 3.04. The van der Waals surface area contributed by atoms with E-state index < -0.39 is 0 Å². The Bertz CT molecular complexity index is 177. The van der Waals surface area contributed by atoms with Crippen molar-refractivity contribution in [1.82, 2.24) is 4.98 Å². The van der Waals surface area contributed by atoms with Crippen molar-refractivity contribution in [3.05, 3.63) is 24.0 Å². The molecule has 1 unspecified atom stereocenters. The first-order chi connectivity index (χ1) is 5.38. The average molecular weight is 151 g/mol. The van der Waals surface area contributed by atoms with E-state index in [-0.39, 0.29) is 0 Å². The molecule has 0 aliphatic carbocycles. The summed E-state index contributed by atoms with van der Waals surface area (Å²) in [7, 11) is 0. The number of rotatable bonds is 4. The number of hydrogen-bond donors (Lipinski definition) is 1. The fraction of sp³-hybridized carbons (Fsp3) is 0.600. The van der Waals surface area contributed by atoms with Crippen LogP contribution in [-0.2, 0) is 0 Å². The Kier molecular flexibility index (Phi) is 3.21. The summed E-state index contributed by atoms with van der Waals surface area (Å²) in [6.07, 6.45) is 7.97. The lowest BCUT2D eigenvalue weighted by molar-refractivity contribution is 0.596. The summed E-state index contributed by atoms with van der Waals surface area (Å²) in [6, 6.07) is 2.18. The summed E-state index contributed by atoms with van der Waals surface area (Å²) in [5.74, 6) is 0.770. The van der Waals surface area contributed by atoms with E-state index in [1.54, 1.807) is 0 Å². The second-order valence-corrected chi connectivity index (χ2v) is 3.04. The number of aromatic amines is 1. The molecule has 1 heterocycles. The topological polar surface area (TPSA) is 15.8 Å². The van der Waals surface area contributed by atoms with Crippen LogP contribution >= 0.6 is 0 Å². The maximum absolute atomic E-state index is 3.10. The molecule has 62 valence electrons. The van der Waals surface area contributed by atoms with Crippen molar-refractivity contribution < 1.29 is 0 Å². The van der Waals surface area contributed by atoms with Crippen LogP contribution in [0.5, 0.6) is 0 Å². The normalized spacial score (nSPS) is 13.3. The summed E-state index contributed by atoms with van der Waals surface area (Å²) in [5, 5.41) is 0. The third kappa shape index (κ3) is 2.11. The fourth-order valence-corrected chi connectivity index (χ4v) is 1.55. The molecule has 0 aliphatic heterocycles. The van der Waals surface area contributed by atoms with Crippen LogP contribution in [0.1, 0.15) is 44.6 Å². The Labute approximate surface area is 68.8 Å². The Balaban J connectivity index is 2.56. The Hall–Kier alpha value is -0.720. The summed E-state index contributed by atoms with van der Waals surface area (Å²) < 4.78 is 0. The molecule has 1 aromatic heterocycles. The average Bonchev–Trinajstić information content (AvgIpc) is 2.52. The highest BCUT2D eigenvalue weighted by molar-refractivity contribution is 5.14. The van der Waals surface area contributed by atoms with Gasteiger partial charge in [0, 0.05) is 12.4 Å². The monoisotopic (exact) mass is 151 g/mol. The first-order valence-electron chi connectivity index (χ1n) is 4.51. The van der Waals surface area contributed by atoms with Crippen LogP contribution in [0.4, 0.5) is 0 Å². The van der Waals surface area contributed by atoms with Crippen LogP contribution in [0.3, 0.4) is 0 Å². The number of H-pyrrole nitrogens is 1. The van der Waals surface area contributed by atoms with Crippen LogP contribution in [-0.4, -0.2) is 4.98 Å². The molecule has 1 nitrogen and oxygen atoms in total. The van der Waals surface area contributed by atoms with Crippen molar-refractivity contribution >= 4 is 0 Å². The summed E-state index contributed by atoms with van der Waals surface area (Å²) in [4.78, 5) is 3.10. The van der Waals surface area contributed by atoms with Crippen LogP contribution in [0, 0.1) is 0 Å². The molecular formula is C10H17N. The van der Waals surface area contributed by atoms with Crippen molar-refractivity contribution in [2.75, 3.05) is 0 Å². The van der Waals surface area contributed by atoms with Crippen molar-refractivity contribution in [3.63, 3.8) is 0 Å². The number of hydrogen-bond acceptors (Lipinski definition) is 0. The minimum absolute atomic E-state index is 0.770. The molecule has 0 saturated carbocycles. The summed E-state index contributed by atoms with van der Waals surface area (Å²) >= 11 is 0. The predicted molar refractivity (Wildman–Crippen MR) is 48.7 cm³/mol. The van der Waals surface area contributed by atoms with Crippen LogP contribution < -0.4 is 0 Å². The molecule has 1 aromatic rings. The van der Waals surface area contributed by atoms with Gasteiger partial charge in [-0.2, -0.15) is 0 Å². The quantitative estimate of drug-likeness (QED) is 0.679. The van der Waals surface area contributed by atoms with E-state index in [1.807, 2.05) is 6.20 Å². The second kappa shape index (κ2) is 4.22. The molecule has 0 aromatic carbocycles. The van der Waals surface area contributed by atoms with Gasteiger partial charge >= 0.3 is 0 Å². The highest BCUT2D eigenvalue weighted by Crippen LogP contribution is 2.23. The zero-order valence-electron chi connectivity index (χ0n) is 7.43. The predicted octanol–water partition coefficient (Wildman–Crippen LogP) is 3.31. The summed E-state index contributed by atoms with van der Waals surface area (Å²) in [5.41, 5.74) is 1.47. The Morgan fingerprint density at radius 1 is 1.45 bits per heavy atom. The third-order valence-corrected chi connectivity index (χ3v) is 2.22. The van der Waals surface area contributed by atoms with E-state index in [0.29, 0.717) is 0 Å². The van der Waals surface area contributed by atoms with E-state index in [4.69, 9.17) is 0 Å². The highest BCUT2D eigenvalue weighted by atomic mass is 14.6. The van der Waals surface area contributed by atoms with E-state index in [2.05, 4.69) is 31.1 Å². The molecule has 0 aliphatic rings. The lowest BCUT2D eigenvalue weighted by atomic mass is 9.95.